The molecule has 1 aromatic heterocycles. The summed E-state index contributed by atoms with van der Waals surface area (Å²) in [7, 11) is 0. The lowest BCUT2D eigenvalue weighted by Crippen LogP contribution is -2.24. The van der Waals surface area contributed by atoms with Gasteiger partial charge in [-0.1, -0.05) is 0 Å². The largest absolute Gasteiger partial charge is 0.420 e. The Kier molecular flexibility index (Phi) is 4.01. The standard InChI is InChI=1S/C15H9F2N3O5/c16-10-3-1-8(5-11(10)17)18-14(21)7-19-12-6-9(20(23)24)2-4-13(12)25-15(19)22/h1-6H,7H2,(H,18,21). The number of halogens is 2. The molecule has 2 aromatic carbocycles. The summed E-state index contributed by atoms with van der Waals surface area (Å²) in [6, 6.07) is 6.29. The van der Waals surface area contributed by atoms with Crippen LogP contribution in [0.3, 0.4) is 0 Å². The number of anilines is 1. The molecule has 128 valence electrons. The molecule has 0 fully saturated rings. The number of aromatic nitrogens is 1. The zero-order valence-corrected chi connectivity index (χ0v) is 12.4. The first kappa shape index (κ1) is 16.3. The summed E-state index contributed by atoms with van der Waals surface area (Å²) in [6.07, 6.45) is 0. The summed E-state index contributed by atoms with van der Waals surface area (Å²) in [5.74, 6) is -3.81. The highest BCUT2D eigenvalue weighted by molar-refractivity contribution is 5.91. The lowest BCUT2D eigenvalue weighted by Gasteiger charge is -2.06. The van der Waals surface area contributed by atoms with Gasteiger partial charge < -0.3 is 9.73 Å². The highest BCUT2D eigenvalue weighted by Gasteiger charge is 2.16. The van der Waals surface area contributed by atoms with Crippen molar-refractivity contribution >= 4 is 28.4 Å². The fraction of sp³-hybridized carbons (Fsp3) is 0.0667. The van der Waals surface area contributed by atoms with Crippen LogP contribution in [-0.2, 0) is 11.3 Å². The number of nitro groups is 1. The zero-order valence-electron chi connectivity index (χ0n) is 12.4. The maximum absolute atomic E-state index is 13.1. The number of benzene rings is 2. The van der Waals surface area contributed by atoms with E-state index in [2.05, 4.69) is 5.32 Å². The number of carbonyl (C=O) groups is 1. The van der Waals surface area contributed by atoms with Gasteiger partial charge in [0.05, 0.1) is 10.4 Å². The van der Waals surface area contributed by atoms with Gasteiger partial charge >= 0.3 is 5.76 Å². The van der Waals surface area contributed by atoms with E-state index in [1.165, 1.54) is 6.07 Å². The summed E-state index contributed by atoms with van der Waals surface area (Å²) >= 11 is 0. The van der Waals surface area contributed by atoms with Crippen molar-refractivity contribution < 1.29 is 22.9 Å². The van der Waals surface area contributed by atoms with E-state index >= 15 is 0 Å². The van der Waals surface area contributed by atoms with Crippen LogP contribution in [-0.4, -0.2) is 15.4 Å². The van der Waals surface area contributed by atoms with Gasteiger partial charge in [-0.15, -0.1) is 0 Å². The second-order valence-electron chi connectivity index (χ2n) is 5.04. The molecule has 0 atom stereocenters. The van der Waals surface area contributed by atoms with Crippen LogP contribution in [0.5, 0.6) is 0 Å². The van der Waals surface area contributed by atoms with E-state index in [4.69, 9.17) is 4.42 Å². The lowest BCUT2D eigenvalue weighted by atomic mass is 10.3. The number of nitrogens with one attached hydrogen (secondary N) is 1. The third-order valence-corrected chi connectivity index (χ3v) is 3.37. The first-order valence-corrected chi connectivity index (χ1v) is 6.88. The number of nitrogens with zero attached hydrogens (tertiary/aromatic N) is 2. The summed E-state index contributed by atoms with van der Waals surface area (Å²) in [5, 5.41) is 13.1. The molecule has 0 aliphatic rings. The molecule has 0 saturated heterocycles. The normalized spacial score (nSPS) is 10.8. The van der Waals surface area contributed by atoms with Crippen LogP contribution in [0.15, 0.2) is 45.6 Å². The molecule has 3 rings (SSSR count). The molecule has 0 spiro atoms. The van der Waals surface area contributed by atoms with Crippen molar-refractivity contribution in [2.45, 2.75) is 6.54 Å². The highest BCUT2D eigenvalue weighted by atomic mass is 19.2. The highest BCUT2D eigenvalue weighted by Crippen LogP contribution is 2.20. The Morgan fingerprint density at radius 3 is 2.64 bits per heavy atom. The number of rotatable bonds is 4. The van der Waals surface area contributed by atoms with Gasteiger partial charge in [-0.3, -0.25) is 19.5 Å². The Balaban J connectivity index is 1.88. The molecule has 0 saturated carbocycles. The number of oxazole rings is 1. The van der Waals surface area contributed by atoms with E-state index in [9.17, 15) is 28.5 Å². The van der Waals surface area contributed by atoms with Gasteiger partial charge in [0.1, 0.15) is 6.54 Å². The minimum Gasteiger partial charge on any atom is -0.408 e. The summed E-state index contributed by atoms with van der Waals surface area (Å²) in [5.41, 5.74) is -0.130. The molecule has 10 heteroatoms. The maximum atomic E-state index is 13.1. The average molecular weight is 349 g/mol. The molecule has 3 aromatic rings. The number of nitro benzene ring substituents is 1. The molecule has 8 nitrogen and oxygen atoms in total. The van der Waals surface area contributed by atoms with Crippen LogP contribution >= 0.6 is 0 Å². The Morgan fingerprint density at radius 1 is 1.20 bits per heavy atom. The van der Waals surface area contributed by atoms with Gasteiger partial charge in [-0.2, -0.15) is 0 Å². The van der Waals surface area contributed by atoms with Crippen molar-refractivity contribution in [1.29, 1.82) is 0 Å². The number of amides is 1. The summed E-state index contributed by atoms with van der Waals surface area (Å²) in [6.45, 7) is -0.522. The molecule has 1 amide bonds. The number of fused-ring (bicyclic) bond motifs is 1. The Morgan fingerprint density at radius 2 is 1.96 bits per heavy atom. The molecular weight excluding hydrogens is 340 g/mol. The van der Waals surface area contributed by atoms with Crippen molar-refractivity contribution in [3.05, 3.63) is 68.7 Å². The van der Waals surface area contributed by atoms with Crippen LogP contribution in [0.4, 0.5) is 20.2 Å². The summed E-state index contributed by atoms with van der Waals surface area (Å²) in [4.78, 5) is 34.0. The van der Waals surface area contributed by atoms with Crippen LogP contribution in [0, 0.1) is 21.7 Å². The number of hydrogen-bond donors (Lipinski definition) is 1. The molecule has 0 aliphatic carbocycles. The van der Waals surface area contributed by atoms with Crippen LogP contribution in [0.1, 0.15) is 0 Å². The Bertz CT molecular complexity index is 1060. The van der Waals surface area contributed by atoms with Crippen molar-refractivity contribution in [3.63, 3.8) is 0 Å². The fourth-order valence-corrected chi connectivity index (χ4v) is 2.23. The van der Waals surface area contributed by atoms with Crippen molar-refractivity contribution in [3.8, 4) is 0 Å². The Hall–Kier alpha value is -3.56. The smallest absolute Gasteiger partial charge is 0.408 e. The molecule has 0 unspecified atom stereocenters. The van der Waals surface area contributed by atoms with Gasteiger partial charge in [-0.05, 0) is 18.2 Å². The Labute approximate surface area is 137 Å². The third kappa shape index (κ3) is 3.22. The second kappa shape index (κ2) is 6.15. The van der Waals surface area contributed by atoms with Gasteiger partial charge in [0.15, 0.2) is 17.2 Å². The van der Waals surface area contributed by atoms with E-state index < -0.39 is 34.8 Å². The average Bonchev–Trinajstić information content (AvgIpc) is 2.86. The van der Waals surface area contributed by atoms with Crippen molar-refractivity contribution in [1.82, 2.24) is 4.57 Å². The quantitative estimate of drug-likeness (QED) is 0.575. The molecule has 1 N–H and O–H groups in total. The van der Waals surface area contributed by atoms with E-state index in [0.717, 1.165) is 34.9 Å². The van der Waals surface area contributed by atoms with E-state index in [0.29, 0.717) is 0 Å². The lowest BCUT2D eigenvalue weighted by molar-refractivity contribution is -0.384. The predicted molar refractivity (Wildman–Crippen MR) is 82.1 cm³/mol. The fourth-order valence-electron chi connectivity index (χ4n) is 2.23. The zero-order chi connectivity index (χ0) is 18.1. The van der Waals surface area contributed by atoms with E-state index in [1.807, 2.05) is 0 Å². The van der Waals surface area contributed by atoms with Crippen LogP contribution in [0.2, 0.25) is 0 Å². The van der Waals surface area contributed by atoms with Gasteiger partial charge in [0, 0.05) is 23.9 Å². The second-order valence-corrected chi connectivity index (χ2v) is 5.04. The predicted octanol–water partition coefficient (Wildman–Crippen LogP) is 2.42. The molecule has 0 aliphatic heterocycles. The van der Waals surface area contributed by atoms with Gasteiger partial charge in [0.25, 0.3) is 5.69 Å². The molecular formula is C15H9F2N3O5. The first-order chi connectivity index (χ1) is 11.8. The monoisotopic (exact) mass is 349 g/mol. The third-order valence-electron chi connectivity index (χ3n) is 3.37. The van der Waals surface area contributed by atoms with E-state index in [-0.39, 0.29) is 22.5 Å². The van der Waals surface area contributed by atoms with E-state index in [1.54, 1.807) is 0 Å². The van der Waals surface area contributed by atoms with Gasteiger partial charge in [0.2, 0.25) is 5.91 Å². The minimum atomic E-state index is -1.14. The SMILES string of the molecule is O=C(Cn1c(=O)oc2ccc([N+](=O)[O-])cc21)Nc1ccc(F)c(F)c1. The molecule has 0 radical (unpaired) electrons. The maximum Gasteiger partial charge on any atom is 0.420 e. The summed E-state index contributed by atoms with van der Waals surface area (Å²) < 4.78 is 31.8. The number of non-ortho nitro benzene ring substituents is 1. The van der Waals surface area contributed by atoms with Crippen LogP contribution < -0.4 is 11.1 Å². The first-order valence-electron chi connectivity index (χ1n) is 6.88. The van der Waals surface area contributed by atoms with Crippen LogP contribution in [0.25, 0.3) is 11.1 Å². The topological polar surface area (TPSA) is 107 Å². The van der Waals surface area contributed by atoms with Crippen molar-refractivity contribution in [2.24, 2.45) is 0 Å². The molecule has 1 heterocycles. The number of carbonyl (C=O) groups excluding carboxylic acids is 1. The minimum absolute atomic E-state index is 0.00395. The number of hydrogen-bond acceptors (Lipinski definition) is 5. The molecule has 25 heavy (non-hydrogen) atoms. The van der Waals surface area contributed by atoms with Crippen molar-refractivity contribution in [2.75, 3.05) is 5.32 Å². The molecule has 0 bridgehead atoms. The van der Waals surface area contributed by atoms with Gasteiger partial charge in [-0.25, -0.2) is 13.6 Å².